The van der Waals surface area contributed by atoms with Crippen molar-refractivity contribution in [2.24, 2.45) is 0 Å². The summed E-state index contributed by atoms with van der Waals surface area (Å²) in [4.78, 5) is 16.2. The molecule has 0 aliphatic rings. The van der Waals surface area contributed by atoms with E-state index in [1.54, 1.807) is 60.9 Å². The molecule has 1 aromatic heterocycles. The van der Waals surface area contributed by atoms with E-state index in [0.29, 0.717) is 16.7 Å². The van der Waals surface area contributed by atoms with Crippen molar-refractivity contribution in [1.82, 2.24) is 9.71 Å². The molecule has 0 unspecified atom stereocenters. The number of hydrogen-bond donors (Lipinski definition) is 2. The van der Waals surface area contributed by atoms with Gasteiger partial charge in [-0.25, -0.2) is 13.1 Å². The number of anilines is 1. The molecule has 1 heterocycles. The van der Waals surface area contributed by atoms with Crippen molar-refractivity contribution in [3.05, 3.63) is 84.2 Å². The normalized spacial score (nSPS) is 11.1. The van der Waals surface area contributed by atoms with E-state index in [1.807, 2.05) is 0 Å². The van der Waals surface area contributed by atoms with Gasteiger partial charge in [-0.05, 0) is 42.0 Å². The Hall–Kier alpha value is -2.97. The second-order valence-electron chi connectivity index (χ2n) is 5.79. The van der Waals surface area contributed by atoms with E-state index >= 15 is 0 Å². The third-order valence-electron chi connectivity index (χ3n) is 3.77. The molecule has 0 aliphatic carbocycles. The molecule has 0 saturated heterocycles. The molecule has 134 valence electrons. The van der Waals surface area contributed by atoms with Crippen molar-refractivity contribution in [2.75, 3.05) is 5.32 Å². The van der Waals surface area contributed by atoms with Gasteiger partial charge in [-0.2, -0.15) is 0 Å². The molecule has 0 saturated carbocycles. The maximum absolute atomic E-state index is 12.3. The molecule has 0 spiro atoms. The molecule has 0 bridgehead atoms. The number of amides is 1. The van der Waals surface area contributed by atoms with E-state index in [0.717, 1.165) is 5.56 Å². The Morgan fingerprint density at radius 1 is 1.04 bits per heavy atom. The van der Waals surface area contributed by atoms with Gasteiger partial charge in [-0.1, -0.05) is 29.7 Å². The Morgan fingerprint density at radius 3 is 2.48 bits per heavy atom. The molecule has 2 aromatic carbocycles. The van der Waals surface area contributed by atoms with Gasteiger partial charge in [0.25, 0.3) is 5.91 Å². The van der Waals surface area contributed by atoms with Crippen LogP contribution < -0.4 is 15.5 Å². The van der Waals surface area contributed by atoms with Crippen molar-refractivity contribution in [3.8, 4) is 0 Å². The molecule has 2 N–H and O–H groups in total. The van der Waals surface area contributed by atoms with Crippen LogP contribution in [0.1, 0.15) is 15.9 Å². The van der Waals surface area contributed by atoms with E-state index < -0.39 is 10.0 Å². The predicted octanol–water partition coefficient (Wildman–Crippen LogP) is 1.61. The lowest BCUT2D eigenvalue weighted by molar-refractivity contribution is 0.102. The van der Waals surface area contributed by atoms with Crippen LogP contribution >= 0.6 is 0 Å². The Bertz CT molecular complexity index is 1040. The predicted molar refractivity (Wildman–Crippen MR) is 104 cm³/mol. The number of nitrogens with zero attached hydrogens (tertiary/aromatic N) is 1. The number of carbonyl (C=O) groups excluding carboxylic acids is 1. The van der Waals surface area contributed by atoms with Crippen molar-refractivity contribution in [3.63, 3.8) is 0 Å². The van der Waals surface area contributed by atoms with E-state index in [9.17, 15) is 13.2 Å². The molecule has 2 radical (unpaired) electrons. The van der Waals surface area contributed by atoms with Gasteiger partial charge in [0.2, 0.25) is 10.0 Å². The third kappa shape index (κ3) is 5.03. The van der Waals surface area contributed by atoms with E-state index in [4.69, 9.17) is 7.85 Å². The van der Waals surface area contributed by atoms with Crippen LogP contribution in [0, 0.1) is 0 Å². The summed E-state index contributed by atoms with van der Waals surface area (Å²) in [5.74, 6) is -0.269. The minimum atomic E-state index is -3.66. The smallest absolute Gasteiger partial charge is 0.255 e. The molecule has 3 aromatic rings. The monoisotopic (exact) mass is 377 g/mol. The summed E-state index contributed by atoms with van der Waals surface area (Å²) in [6.07, 6.45) is 3.17. The standard InChI is InChI=1S/C19H16BN3O3S/c20-16-3-1-5-18(11-16)27(25,26)22-12-14-6-8-15(9-7-14)19(24)23-17-4-2-10-21-13-17/h1-11,13,22H,12H2,(H,23,24). The average molecular weight is 377 g/mol. The minimum absolute atomic E-state index is 0.0988. The van der Waals surface area contributed by atoms with Crippen LogP contribution in [-0.2, 0) is 16.6 Å². The van der Waals surface area contributed by atoms with E-state index in [2.05, 4.69) is 15.0 Å². The number of sulfonamides is 1. The first-order valence-electron chi connectivity index (χ1n) is 8.09. The van der Waals surface area contributed by atoms with Gasteiger partial charge in [0, 0.05) is 18.3 Å². The fourth-order valence-electron chi connectivity index (χ4n) is 2.36. The zero-order valence-corrected chi connectivity index (χ0v) is 15.1. The number of rotatable bonds is 6. The zero-order chi connectivity index (χ0) is 19.3. The maximum Gasteiger partial charge on any atom is 0.255 e. The lowest BCUT2D eigenvalue weighted by Crippen LogP contribution is -2.24. The molecule has 6 nitrogen and oxygen atoms in total. The third-order valence-corrected chi connectivity index (χ3v) is 5.17. The SMILES string of the molecule is [B]c1cccc(S(=O)(=O)NCc2ccc(C(=O)Nc3cccnc3)cc2)c1. The summed E-state index contributed by atoms with van der Waals surface area (Å²) in [6.45, 7) is 0.0988. The Morgan fingerprint density at radius 2 is 1.81 bits per heavy atom. The van der Waals surface area contributed by atoms with E-state index in [-0.39, 0.29) is 17.3 Å². The summed E-state index contributed by atoms with van der Waals surface area (Å²) in [7, 11) is 1.96. The second-order valence-corrected chi connectivity index (χ2v) is 7.56. The Kier molecular flexibility index (Phi) is 5.68. The van der Waals surface area contributed by atoms with Crippen LogP contribution in [0.4, 0.5) is 5.69 Å². The molecule has 1 amide bonds. The van der Waals surface area contributed by atoms with Gasteiger partial charge in [0.15, 0.2) is 0 Å². The van der Waals surface area contributed by atoms with Crippen LogP contribution in [0.3, 0.4) is 0 Å². The van der Waals surface area contributed by atoms with Gasteiger partial charge in [-0.15, -0.1) is 0 Å². The summed E-state index contributed by atoms with van der Waals surface area (Å²) in [5, 5.41) is 2.74. The van der Waals surface area contributed by atoms with Crippen LogP contribution in [0.2, 0.25) is 0 Å². The molecule has 0 fully saturated rings. The fourth-order valence-corrected chi connectivity index (χ4v) is 3.43. The molecular formula is C19H16BN3O3S. The molecule has 3 rings (SSSR count). The van der Waals surface area contributed by atoms with Gasteiger partial charge in [-0.3, -0.25) is 9.78 Å². The highest BCUT2D eigenvalue weighted by molar-refractivity contribution is 7.89. The number of pyridine rings is 1. The van der Waals surface area contributed by atoms with Crippen LogP contribution in [0.25, 0.3) is 0 Å². The summed E-state index contributed by atoms with van der Waals surface area (Å²) < 4.78 is 27.1. The molecule has 0 atom stereocenters. The topological polar surface area (TPSA) is 88.2 Å². The van der Waals surface area contributed by atoms with Crippen molar-refractivity contribution < 1.29 is 13.2 Å². The quantitative estimate of drug-likeness (QED) is 0.639. The van der Waals surface area contributed by atoms with Crippen molar-refractivity contribution in [1.29, 1.82) is 0 Å². The molecular weight excluding hydrogens is 361 g/mol. The fraction of sp³-hybridized carbons (Fsp3) is 0.0526. The van der Waals surface area contributed by atoms with Gasteiger partial charge < -0.3 is 5.32 Å². The molecule has 27 heavy (non-hydrogen) atoms. The molecule has 0 aliphatic heterocycles. The number of hydrogen-bond acceptors (Lipinski definition) is 4. The summed E-state index contributed by atoms with van der Waals surface area (Å²) in [6, 6.07) is 16.2. The Labute approximate surface area is 159 Å². The number of benzene rings is 2. The average Bonchev–Trinajstić information content (AvgIpc) is 2.68. The van der Waals surface area contributed by atoms with Crippen molar-refractivity contribution in [2.45, 2.75) is 11.4 Å². The number of aromatic nitrogens is 1. The van der Waals surface area contributed by atoms with Crippen LogP contribution in [0.15, 0.2) is 78.0 Å². The number of carbonyl (C=O) groups is 1. The first-order chi connectivity index (χ1) is 12.9. The maximum atomic E-state index is 12.3. The van der Waals surface area contributed by atoms with Crippen LogP contribution in [0.5, 0.6) is 0 Å². The van der Waals surface area contributed by atoms with Gasteiger partial charge in [0.05, 0.1) is 16.8 Å². The summed E-state index contributed by atoms with van der Waals surface area (Å²) in [5.41, 5.74) is 2.16. The highest BCUT2D eigenvalue weighted by Gasteiger charge is 2.13. The van der Waals surface area contributed by atoms with Crippen molar-refractivity contribution >= 4 is 34.9 Å². The Balaban J connectivity index is 1.63. The summed E-state index contributed by atoms with van der Waals surface area (Å²) >= 11 is 0. The lowest BCUT2D eigenvalue weighted by atomic mass is 9.97. The van der Waals surface area contributed by atoms with Crippen LogP contribution in [-0.4, -0.2) is 27.2 Å². The molecule has 8 heteroatoms. The lowest BCUT2D eigenvalue weighted by Gasteiger charge is -2.09. The number of nitrogens with one attached hydrogen (secondary N) is 2. The first kappa shape index (κ1) is 18.8. The van der Waals surface area contributed by atoms with E-state index in [1.165, 1.54) is 12.1 Å². The largest absolute Gasteiger partial charge is 0.321 e. The highest BCUT2D eigenvalue weighted by atomic mass is 32.2. The van der Waals surface area contributed by atoms with Gasteiger partial charge >= 0.3 is 0 Å². The highest BCUT2D eigenvalue weighted by Crippen LogP contribution is 2.11. The second kappa shape index (κ2) is 8.15. The minimum Gasteiger partial charge on any atom is -0.321 e. The first-order valence-corrected chi connectivity index (χ1v) is 9.58. The van der Waals surface area contributed by atoms with Gasteiger partial charge in [0.1, 0.15) is 7.85 Å². The zero-order valence-electron chi connectivity index (χ0n) is 14.3.